The molecule has 14 heavy (non-hydrogen) atoms. The Morgan fingerprint density at radius 3 is 2.79 bits per heavy atom. The highest BCUT2D eigenvalue weighted by molar-refractivity contribution is 5.57. The summed E-state index contributed by atoms with van der Waals surface area (Å²) in [5.74, 6) is 0. The molecule has 0 spiro atoms. The molecule has 1 aliphatic heterocycles. The molecule has 1 aliphatic rings. The molecule has 1 nitrogen and oxygen atoms in total. The minimum atomic E-state index is 0.622. The first-order valence-corrected chi connectivity index (χ1v) is 5.54. The molecule has 0 atom stereocenters. The molecule has 1 aromatic carbocycles. The van der Waals surface area contributed by atoms with E-state index in [1.54, 1.807) is 0 Å². The summed E-state index contributed by atoms with van der Waals surface area (Å²) in [5, 5.41) is 0. The van der Waals surface area contributed by atoms with Gasteiger partial charge in [-0.3, -0.25) is 0 Å². The van der Waals surface area contributed by atoms with Crippen LogP contribution in [-0.2, 0) is 6.42 Å². The molecule has 0 aromatic heterocycles. The predicted octanol–water partition coefficient (Wildman–Crippen LogP) is 3.16. The molecule has 76 valence electrons. The number of rotatable bonds is 1. The van der Waals surface area contributed by atoms with Crippen LogP contribution in [0.1, 0.15) is 31.4 Å². The molecule has 1 aromatic rings. The Labute approximate surface area is 86.7 Å². The standard InChI is InChI=1S/C13H19N/c1-10(2)14-8-4-5-12-9-11(3)6-7-13(12)14/h6-7,9-10H,4-5,8H2,1-3H3. The summed E-state index contributed by atoms with van der Waals surface area (Å²) in [7, 11) is 0. The number of hydrogen-bond acceptors (Lipinski definition) is 1. The van der Waals surface area contributed by atoms with Gasteiger partial charge in [-0.2, -0.15) is 0 Å². The maximum Gasteiger partial charge on any atom is 0.0401 e. The van der Waals surface area contributed by atoms with Gasteiger partial charge in [-0.05, 0) is 45.2 Å². The van der Waals surface area contributed by atoms with E-state index < -0.39 is 0 Å². The van der Waals surface area contributed by atoms with E-state index in [9.17, 15) is 0 Å². The first-order chi connectivity index (χ1) is 6.68. The van der Waals surface area contributed by atoms with Crippen molar-refractivity contribution in [2.24, 2.45) is 0 Å². The third kappa shape index (κ3) is 1.63. The van der Waals surface area contributed by atoms with Gasteiger partial charge < -0.3 is 4.90 Å². The van der Waals surface area contributed by atoms with Crippen LogP contribution in [0.25, 0.3) is 0 Å². The van der Waals surface area contributed by atoms with Crippen molar-refractivity contribution in [3.05, 3.63) is 29.3 Å². The predicted molar refractivity (Wildman–Crippen MR) is 62.0 cm³/mol. The normalized spacial score (nSPS) is 15.9. The van der Waals surface area contributed by atoms with E-state index in [4.69, 9.17) is 0 Å². The molecule has 0 bridgehead atoms. The summed E-state index contributed by atoms with van der Waals surface area (Å²) in [6.07, 6.45) is 2.55. The van der Waals surface area contributed by atoms with Crippen molar-refractivity contribution in [3.63, 3.8) is 0 Å². The third-order valence-electron chi connectivity index (χ3n) is 3.01. The van der Waals surface area contributed by atoms with Crippen molar-refractivity contribution in [1.82, 2.24) is 0 Å². The first kappa shape index (κ1) is 9.57. The van der Waals surface area contributed by atoms with Crippen LogP contribution in [0.15, 0.2) is 18.2 Å². The van der Waals surface area contributed by atoms with Crippen LogP contribution in [0.4, 0.5) is 5.69 Å². The lowest BCUT2D eigenvalue weighted by Gasteiger charge is -2.34. The summed E-state index contributed by atoms with van der Waals surface area (Å²) in [4.78, 5) is 2.51. The minimum Gasteiger partial charge on any atom is -0.369 e. The average Bonchev–Trinajstić information content (AvgIpc) is 2.16. The van der Waals surface area contributed by atoms with Crippen molar-refractivity contribution in [2.75, 3.05) is 11.4 Å². The number of anilines is 1. The number of hydrogen-bond donors (Lipinski definition) is 0. The van der Waals surface area contributed by atoms with E-state index in [2.05, 4.69) is 43.9 Å². The second-order valence-electron chi connectivity index (χ2n) is 4.52. The summed E-state index contributed by atoms with van der Waals surface area (Å²) < 4.78 is 0. The fourth-order valence-corrected chi connectivity index (χ4v) is 2.29. The lowest BCUT2D eigenvalue weighted by Crippen LogP contribution is -2.35. The zero-order chi connectivity index (χ0) is 10.1. The van der Waals surface area contributed by atoms with Crippen molar-refractivity contribution in [2.45, 2.75) is 39.7 Å². The average molecular weight is 189 g/mol. The molecule has 0 unspecified atom stereocenters. The van der Waals surface area contributed by atoms with E-state index in [1.807, 2.05) is 0 Å². The van der Waals surface area contributed by atoms with E-state index in [1.165, 1.54) is 36.2 Å². The number of fused-ring (bicyclic) bond motifs is 1. The maximum absolute atomic E-state index is 2.51. The quantitative estimate of drug-likeness (QED) is 0.656. The molecule has 0 saturated heterocycles. The van der Waals surface area contributed by atoms with Gasteiger partial charge in [-0.15, -0.1) is 0 Å². The van der Waals surface area contributed by atoms with E-state index in [0.717, 1.165) is 0 Å². The van der Waals surface area contributed by atoms with Crippen molar-refractivity contribution in [1.29, 1.82) is 0 Å². The molecule has 0 N–H and O–H groups in total. The van der Waals surface area contributed by atoms with Crippen LogP contribution in [-0.4, -0.2) is 12.6 Å². The molecule has 1 heterocycles. The lowest BCUT2D eigenvalue weighted by molar-refractivity contribution is 0.625. The summed E-state index contributed by atoms with van der Waals surface area (Å²) in [5.41, 5.74) is 4.37. The van der Waals surface area contributed by atoms with Crippen LogP contribution < -0.4 is 4.90 Å². The molecule has 0 fully saturated rings. The fraction of sp³-hybridized carbons (Fsp3) is 0.538. The Hall–Kier alpha value is -0.980. The van der Waals surface area contributed by atoms with E-state index in [-0.39, 0.29) is 0 Å². The molecule has 0 amide bonds. The van der Waals surface area contributed by atoms with Crippen LogP contribution in [0.2, 0.25) is 0 Å². The topological polar surface area (TPSA) is 3.24 Å². The van der Waals surface area contributed by atoms with Gasteiger partial charge in [0, 0.05) is 18.3 Å². The molecular formula is C13H19N. The SMILES string of the molecule is Cc1ccc2c(c1)CCCN2C(C)C. The summed E-state index contributed by atoms with van der Waals surface area (Å²) in [6.45, 7) is 7.94. The van der Waals surface area contributed by atoms with E-state index in [0.29, 0.717) is 6.04 Å². The lowest BCUT2D eigenvalue weighted by atomic mass is 9.98. The number of aryl methyl sites for hydroxylation is 2. The van der Waals surface area contributed by atoms with Crippen LogP contribution >= 0.6 is 0 Å². The second kappa shape index (κ2) is 3.64. The van der Waals surface area contributed by atoms with Gasteiger partial charge in [0.25, 0.3) is 0 Å². The highest BCUT2D eigenvalue weighted by Gasteiger charge is 2.18. The van der Waals surface area contributed by atoms with Crippen molar-refractivity contribution >= 4 is 5.69 Å². The molecular weight excluding hydrogens is 170 g/mol. The second-order valence-corrected chi connectivity index (χ2v) is 4.52. The Morgan fingerprint density at radius 2 is 2.07 bits per heavy atom. The van der Waals surface area contributed by atoms with Gasteiger partial charge in [-0.25, -0.2) is 0 Å². The smallest absolute Gasteiger partial charge is 0.0401 e. The van der Waals surface area contributed by atoms with Gasteiger partial charge >= 0.3 is 0 Å². The largest absolute Gasteiger partial charge is 0.369 e. The van der Waals surface area contributed by atoms with Crippen LogP contribution in [0, 0.1) is 6.92 Å². The zero-order valence-electron chi connectivity index (χ0n) is 9.38. The summed E-state index contributed by atoms with van der Waals surface area (Å²) >= 11 is 0. The Bertz CT molecular complexity index is 328. The monoisotopic (exact) mass is 189 g/mol. The summed E-state index contributed by atoms with van der Waals surface area (Å²) in [6, 6.07) is 7.46. The molecule has 2 rings (SSSR count). The van der Waals surface area contributed by atoms with Crippen LogP contribution in [0.5, 0.6) is 0 Å². The van der Waals surface area contributed by atoms with Gasteiger partial charge in [0.1, 0.15) is 0 Å². The highest BCUT2D eigenvalue weighted by Crippen LogP contribution is 2.29. The molecule has 0 aliphatic carbocycles. The van der Waals surface area contributed by atoms with Crippen molar-refractivity contribution in [3.8, 4) is 0 Å². The molecule has 1 heteroatoms. The first-order valence-electron chi connectivity index (χ1n) is 5.54. The number of benzene rings is 1. The molecule has 0 radical (unpaired) electrons. The Morgan fingerprint density at radius 1 is 1.29 bits per heavy atom. The Balaban J connectivity index is 2.40. The minimum absolute atomic E-state index is 0.622. The van der Waals surface area contributed by atoms with Crippen LogP contribution in [0.3, 0.4) is 0 Å². The van der Waals surface area contributed by atoms with Gasteiger partial charge in [0.15, 0.2) is 0 Å². The van der Waals surface area contributed by atoms with Gasteiger partial charge in [-0.1, -0.05) is 17.7 Å². The highest BCUT2D eigenvalue weighted by atomic mass is 15.2. The van der Waals surface area contributed by atoms with Gasteiger partial charge in [0.05, 0.1) is 0 Å². The number of nitrogens with zero attached hydrogens (tertiary/aromatic N) is 1. The third-order valence-corrected chi connectivity index (χ3v) is 3.01. The maximum atomic E-state index is 2.51. The Kier molecular flexibility index (Phi) is 2.49. The van der Waals surface area contributed by atoms with Crippen molar-refractivity contribution < 1.29 is 0 Å². The fourth-order valence-electron chi connectivity index (χ4n) is 2.29. The van der Waals surface area contributed by atoms with Gasteiger partial charge in [0.2, 0.25) is 0 Å². The van der Waals surface area contributed by atoms with E-state index >= 15 is 0 Å². The zero-order valence-corrected chi connectivity index (χ0v) is 9.38. The molecule has 0 saturated carbocycles.